The Labute approximate surface area is 141 Å². The molecule has 4 aromatic heterocycles. The van der Waals surface area contributed by atoms with Crippen LogP contribution >= 0.6 is 0 Å². The lowest BCUT2D eigenvalue weighted by Crippen LogP contribution is -2.15. The molecule has 5 heterocycles. The Morgan fingerprint density at radius 2 is 2.36 bits per heavy atom. The van der Waals surface area contributed by atoms with Crippen molar-refractivity contribution in [2.24, 2.45) is 0 Å². The van der Waals surface area contributed by atoms with Gasteiger partial charge in [0.15, 0.2) is 11.6 Å². The third-order valence-electron chi connectivity index (χ3n) is 4.35. The van der Waals surface area contributed by atoms with Crippen LogP contribution in [-0.2, 0) is 13.0 Å². The van der Waals surface area contributed by atoms with Crippen molar-refractivity contribution in [3.63, 3.8) is 0 Å². The van der Waals surface area contributed by atoms with Crippen molar-refractivity contribution in [2.75, 3.05) is 5.32 Å². The quantitative estimate of drug-likeness (QED) is 0.536. The summed E-state index contributed by atoms with van der Waals surface area (Å²) in [7, 11) is 0. The summed E-state index contributed by atoms with van der Waals surface area (Å²) in [4.78, 5) is 20.3. The van der Waals surface area contributed by atoms with Crippen LogP contribution in [0.15, 0.2) is 47.5 Å². The lowest BCUT2D eigenvalue weighted by Gasteiger charge is -2.15. The Bertz CT molecular complexity index is 1050. The molecular weight excluding hydrogens is 320 g/mol. The van der Waals surface area contributed by atoms with E-state index in [2.05, 4.69) is 30.0 Å². The summed E-state index contributed by atoms with van der Waals surface area (Å²) in [5.74, 6) is 1.68. The van der Waals surface area contributed by atoms with Crippen LogP contribution in [0.25, 0.3) is 22.8 Å². The zero-order chi connectivity index (χ0) is 16.8. The molecule has 3 N–H and O–H groups in total. The van der Waals surface area contributed by atoms with Gasteiger partial charge in [0.2, 0.25) is 0 Å². The van der Waals surface area contributed by atoms with Gasteiger partial charge >= 0.3 is 0 Å². The molecule has 4 aromatic rings. The number of fused-ring (bicyclic) bond motifs is 3. The number of carbonyl (C=O) groups is 1. The van der Waals surface area contributed by atoms with Gasteiger partial charge in [-0.25, -0.2) is 4.98 Å². The number of hydrogen-bond donors (Lipinski definition) is 3. The Balaban J connectivity index is 1.44. The molecule has 0 spiro atoms. The lowest BCUT2D eigenvalue weighted by molar-refractivity contribution is 0.102. The van der Waals surface area contributed by atoms with Crippen molar-refractivity contribution in [1.29, 1.82) is 0 Å². The molecule has 0 atom stereocenters. The van der Waals surface area contributed by atoms with Crippen molar-refractivity contribution in [2.45, 2.75) is 13.0 Å². The molecule has 0 bridgehead atoms. The highest BCUT2D eigenvalue weighted by Crippen LogP contribution is 2.31. The monoisotopic (exact) mass is 334 g/mol. The molecule has 8 nitrogen and oxygen atoms in total. The number of hydrogen-bond acceptors (Lipinski definition) is 4. The summed E-state index contributed by atoms with van der Waals surface area (Å²) in [6, 6.07) is 5.35. The van der Waals surface area contributed by atoms with Crippen LogP contribution in [-0.4, -0.2) is 30.6 Å². The molecule has 1 aliphatic rings. The number of aromatic nitrogens is 5. The van der Waals surface area contributed by atoms with Gasteiger partial charge in [-0.15, -0.1) is 0 Å². The van der Waals surface area contributed by atoms with Gasteiger partial charge in [0.05, 0.1) is 17.4 Å². The van der Waals surface area contributed by atoms with E-state index in [1.165, 1.54) is 0 Å². The minimum atomic E-state index is -0.230. The zero-order valence-corrected chi connectivity index (χ0v) is 13.1. The molecule has 0 radical (unpaired) electrons. The maximum Gasteiger partial charge on any atom is 0.259 e. The van der Waals surface area contributed by atoms with E-state index < -0.39 is 0 Å². The average Bonchev–Trinajstić information content (AvgIpc) is 3.37. The molecular formula is C17H14N6O2. The van der Waals surface area contributed by atoms with Gasteiger partial charge in [0.25, 0.3) is 5.91 Å². The Morgan fingerprint density at radius 3 is 3.24 bits per heavy atom. The van der Waals surface area contributed by atoms with Crippen LogP contribution in [0.5, 0.6) is 0 Å². The summed E-state index contributed by atoms with van der Waals surface area (Å²) in [6.45, 7) is 0.857. The number of anilines is 1. The highest BCUT2D eigenvalue weighted by atomic mass is 16.3. The van der Waals surface area contributed by atoms with Crippen molar-refractivity contribution >= 4 is 11.7 Å². The number of rotatable bonds is 3. The molecule has 1 amide bonds. The first-order valence-electron chi connectivity index (χ1n) is 7.92. The van der Waals surface area contributed by atoms with Gasteiger partial charge in [-0.05, 0) is 12.1 Å². The van der Waals surface area contributed by atoms with Crippen LogP contribution in [0.1, 0.15) is 16.1 Å². The molecule has 1 aliphatic heterocycles. The molecule has 8 heteroatoms. The van der Waals surface area contributed by atoms with Gasteiger partial charge in [-0.3, -0.25) is 9.89 Å². The van der Waals surface area contributed by atoms with E-state index in [0.29, 0.717) is 22.8 Å². The number of carbonyl (C=O) groups excluding carboxylic acids is 1. The average molecular weight is 334 g/mol. The maximum atomic E-state index is 12.7. The van der Waals surface area contributed by atoms with Gasteiger partial charge in [0.1, 0.15) is 11.5 Å². The topological polar surface area (TPSA) is 105 Å². The number of amides is 1. The van der Waals surface area contributed by atoms with Crippen LogP contribution in [0.2, 0.25) is 0 Å². The van der Waals surface area contributed by atoms with Crippen molar-refractivity contribution in [3.05, 3.63) is 54.3 Å². The molecule has 0 aliphatic carbocycles. The Hall–Kier alpha value is -3.55. The zero-order valence-electron chi connectivity index (χ0n) is 13.1. The van der Waals surface area contributed by atoms with Crippen molar-refractivity contribution in [3.8, 4) is 22.8 Å². The second kappa shape index (κ2) is 5.23. The highest BCUT2D eigenvalue weighted by Gasteiger charge is 2.25. The standard InChI is InChI=1S/C17H14N6O2/c24-17(20-14-8-12(21-22-14)13-2-1-7-25-13)10-9-19-11-3-5-23-6-4-18-16(23)15(10)11/h1-2,4,6-9,19H,3,5H2,(H2,20,21,22,24). The highest BCUT2D eigenvalue weighted by molar-refractivity contribution is 6.08. The first kappa shape index (κ1) is 13.8. The molecule has 0 unspecified atom stereocenters. The number of aryl methyl sites for hydroxylation is 2. The van der Waals surface area contributed by atoms with Gasteiger partial charge in [-0.1, -0.05) is 0 Å². The van der Waals surface area contributed by atoms with Gasteiger partial charge in [-0.2, -0.15) is 5.10 Å². The SMILES string of the molecule is O=C(Nc1cc(-c2ccco2)[nH]n1)c1c[nH]c2c1-c1nccn1CC2. The fraction of sp³-hybridized carbons (Fsp3) is 0.118. The minimum absolute atomic E-state index is 0.230. The second-order valence-electron chi connectivity index (χ2n) is 5.85. The summed E-state index contributed by atoms with van der Waals surface area (Å²) in [5.41, 5.74) is 3.15. The first-order valence-corrected chi connectivity index (χ1v) is 7.92. The number of furan rings is 1. The molecule has 0 saturated heterocycles. The third kappa shape index (κ3) is 2.18. The fourth-order valence-corrected chi connectivity index (χ4v) is 3.18. The van der Waals surface area contributed by atoms with E-state index in [-0.39, 0.29) is 5.91 Å². The summed E-state index contributed by atoms with van der Waals surface area (Å²) in [6.07, 6.45) is 7.84. The van der Waals surface area contributed by atoms with Gasteiger partial charge < -0.3 is 19.3 Å². The largest absolute Gasteiger partial charge is 0.463 e. The smallest absolute Gasteiger partial charge is 0.259 e. The molecule has 0 aromatic carbocycles. The number of H-pyrrole nitrogens is 2. The van der Waals surface area contributed by atoms with E-state index >= 15 is 0 Å². The maximum absolute atomic E-state index is 12.7. The normalized spacial score (nSPS) is 12.6. The summed E-state index contributed by atoms with van der Waals surface area (Å²) >= 11 is 0. The van der Waals surface area contributed by atoms with E-state index in [4.69, 9.17) is 4.42 Å². The summed E-state index contributed by atoms with van der Waals surface area (Å²) in [5, 5.41) is 9.79. The first-order chi connectivity index (χ1) is 12.3. The van der Waals surface area contributed by atoms with Gasteiger partial charge in [0, 0.05) is 43.3 Å². The Morgan fingerprint density at radius 1 is 1.40 bits per heavy atom. The predicted molar refractivity (Wildman–Crippen MR) is 90.0 cm³/mol. The van der Waals surface area contributed by atoms with E-state index in [1.54, 1.807) is 30.8 Å². The predicted octanol–water partition coefficient (Wildman–Crippen LogP) is 2.67. The second-order valence-corrected chi connectivity index (χ2v) is 5.85. The molecule has 25 heavy (non-hydrogen) atoms. The summed E-state index contributed by atoms with van der Waals surface area (Å²) < 4.78 is 7.37. The number of nitrogens with zero attached hydrogens (tertiary/aromatic N) is 3. The van der Waals surface area contributed by atoms with Crippen LogP contribution in [0.4, 0.5) is 5.82 Å². The minimum Gasteiger partial charge on any atom is -0.463 e. The molecule has 0 fully saturated rings. The van der Waals surface area contributed by atoms with E-state index in [1.807, 2.05) is 12.3 Å². The number of aromatic amines is 2. The fourth-order valence-electron chi connectivity index (χ4n) is 3.18. The van der Waals surface area contributed by atoms with Crippen molar-refractivity contribution < 1.29 is 9.21 Å². The van der Waals surface area contributed by atoms with E-state index in [9.17, 15) is 4.79 Å². The third-order valence-corrected chi connectivity index (χ3v) is 4.35. The molecule has 5 rings (SSSR count). The van der Waals surface area contributed by atoms with Crippen LogP contribution < -0.4 is 5.32 Å². The number of imidazole rings is 1. The van der Waals surface area contributed by atoms with Crippen LogP contribution in [0, 0.1) is 0 Å². The van der Waals surface area contributed by atoms with Crippen molar-refractivity contribution in [1.82, 2.24) is 24.7 Å². The lowest BCUT2D eigenvalue weighted by atomic mass is 10.0. The number of nitrogens with one attached hydrogen (secondary N) is 3. The Kier molecular flexibility index (Phi) is 2.90. The van der Waals surface area contributed by atoms with Crippen LogP contribution in [0.3, 0.4) is 0 Å². The van der Waals surface area contributed by atoms with E-state index in [0.717, 1.165) is 30.0 Å². The molecule has 124 valence electrons. The molecule has 0 saturated carbocycles.